The molecule has 0 unspecified atom stereocenters. The van der Waals surface area contributed by atoms with Crippen molar-refractivity contribution >= 4 is 45.2 Å². The second-order valence-electron chi connectivity index (χ2n) is 6.08. The van der Waals surface area contributed by atoms with E-state index in [1.807, 2.05) is 0 Å². The lowest BCUT2D eigenvalue weighted by atomic mass is 10.2. The molecular formula is C20H40I2O7. The number of rotatable bonds is 26. The van der Waals surface area contributed by atoms with Crippen molar-refractivity contribution in [2.24, 2.45) is 0 Å². The zero-order valence-electron chi connectivity index (χ0n) is 17.8. The number of unbranched alkanes of at least 4 members (excludes halogenated alkanes) is 3. The Bertz CT molecular complexity index is 264. The van der Waals surface area contributed by atoms with Gasteiger partial charge in [0.25, 0.3) is 0 Å². The molecule has 0 rings (SSSR count). The Kier molecular flexibility index (Phi) is 30.4. The second-order valence-corrected chi connectivity index (χ2v) is 8.24. The average Bonchev–Trinajstić information content (AvgIpc) is 2.74. The minimum Gasteiger partial charge on any atom is -0.379 e. The van der Waals surface area contributed by atoms with Crippen LogP contribution in [-0.4, -0.2) is 101 Å². The van der Waals surface area contributed by atoms with Gasteiger partial charge in [0.1, 0.15) is 0 Å². The van der Waals surface area contributed by atoms with E-state index in [0.29, 0.717) is 79.3 Å². The van der Waals surface area contributed by atoms with Crippen molar-refractivity contribution in [3.63, 3.8) is 0 Å². The van der Waals surface area contributed by atoms with Gasteiger partial charge in [0.15, 0.2) is 0 Å². The fraction of sp³-hybridized carbons (Fsp3) is 1.00. The van der Waals surface area contributed by atoms with Crippen molar-refractivity contribution in [2.75, 3.05) is 101 Å². The van der Waals surface area contributed by atoms with Gasteiger partial charge in [0, 0.05) is 11.0 Å². The molecule has 7 nitrogen and oxygen atoms in total. The summed E-state index contributed by atoms with van der Waals surface area (Å²) in [6, 6.07) is 0. The molecule has 0 fully saturated rings. The molecule has 0 aliphatic heterocycles. The maximum Gasteiger partial charge on any atom is 0.0701 e. The largest absolute Gasteiger partial charge is 0.379 e. The van der Waals surface area contributed by atoms with E-state index in [-0.39, 0.29) is 0 Å². The van der Waals surface area contributed by atoms with Crippen molar-refractivity contribution in [1.29, 1.82) is 0 Å². The summed E-state index contributed by atoms with van der Waals surface area (Å²) in [6.45, 7) is 8.74. The maximum absolute atomic E-state index is 5.53. The molecule has 0 spiro atoms. The van der Waals surface area contributed by atoms with E-state index in [9.17, 15) is 0 Å². The quantitative estimate of drug-likeness (QED) is 0.0810. The van der Waals surface area contributed by atoms with Crippen molar-refractivity contribution < 1.29 is 33.2 Å². The molecule has 0 saturated heterocycles. The number of alkyl halides is 2. The van der Waals surface area contributed by atoms with Gasteiger partial charge >= 0.3 is 0 Å². The molecule has 0 heterocycles. The first-order valence-corrected chi connectivity index (χ1v) is 13.6. The minimum absolute atomic E-state index is 0.564. The van der Waals surface area contributed by atoms with Crippen LogP contribution >= 0.6 is 45.2 Å². The Morgan fingerprint density at radius 2 is 0.586 bits per heavy atom. The van der Waals surface area contributed by atoms with Gasteiger partial charge in [-0.15, -0.1) is 0 Å². The molecule has 0 aliphatic rings. The molecule has 0 radical (unpaired) electrons. The molecule has 0 aliphatic carbocycles. The highest BCUT2D eigenvalue weighted by Crippen LogP contribution is 2.02. The van der Waals surface area contributed by atoms with Gasteiger partial charge in [-0.05, 0) is 17.3 Å². The van der Waals surface area contributed by atoms with E-state index in [2.05, 4.69) is 45.2 Å². The Labute approximate surface area is 204 Å². The molecule has 0 aromatic carbocycles. The summed E-state index contributed by atoms with van der Waals surface area (Å²) in [7, 11) is 0. The van der Waals surface area contributed by atoms with Gasteiger partial charge < -0.3 is 33.2 Å². The molecule has 0 aromatic rings. The fourth-order valence-electron chi connectivity index (χ4n) is 2.13. The maximum atomic E-state index is 5.53. The van der Waals surface area contributed by atoms with Crippen LogP contribution in [0.1, 0.15) is 25.7 Å². The molecule has 0 N–H and O–H groups in total. The average molecular weight is 646 g/mol. The fourth-order valence-corrected chi connectivity index (χ4v) is 2.98. The lowest BCUT2D eigenvalue weighted by Gasteiger charge is -2.08. The van der Waals surface area contributed by atoms with Gasteiger partial charge in [0.2, 0.25) is 0 Å². The molecule has 0 amide bonds. The predicted molar refractivity (Wildman–Crippen MR) is 132 cm³/mol. The van der Waals surface area contributed by atoms with Crippen LogP contribution in [0.25, 0.3) is 0 Å². The van der Waals surface area contributed by atoms with Crippen LogP contribution in [0.3, 0.4) is 0 Å². The van der Waals surface area contributed by atoms with Crippen molar-refractivity contribution in [1.82, 2.24) is 0 Å². The molecule has 0 aromatic heterocycles. The monoisotopic (exact) mass is 646 g/mol. The van der Waals surface area contributed by atoms with Crippen LogP contribution in [0.4, 0.5) is 0 Å². The van der Waals surface area contributed by atoms with Crippen LogP contribution < -0.4 is 0 Å². The predicted octanol–water partition coefficient (Wildman–Crippen LogP) is 3.53. The number of ether oxygens (including phenoxy) is 7. The third kappa shape index (κ3) is 29.2. The SMILES string of the molecule is ICCCCCCOCCOCCOCCOCCOCCOCCOCCI. The van der Waals surface area contributed by atoms with Gasteiger partial charge in [0.05, 0.1) is 85.9 Å². The first-order valence-electron chi connectivity index (χ1n) is 10.6. The Balaban J connectivity index is 2.97. The standard InChI is InChI=1S/C20H40I2O7/c21-5-3-1-2-4-7-23-9-11-25-13-15-27-17-19-29-20-18-28-16-14-26-12-10-24-8-6-22/h1-20H2. The highest BCUT2D eigenvalue weighted by Gasteiger charge is 1.95. The van der Waals surface area contributed by atoms with Gasteiger partial charge in [-0.1, -0.05) is 58.0 Å². The Morgan fingerprint density at radius 1 is 0.276 bits per heavy atom. The van der Waals surface area contributed by atoms with Crippen LogP contribution in [0, 0.1) is 0 Å². The highest BCUT2D eigenvalue weighted by atomic mass is 127. The van der Waals surface area contributed by atoms with Gasteiger partial charge in [-0.25, -0.2) is 0 Å². The second kappa shape index (κ2) is 29.2. The Hall–Kier alpha value is 1.18. The van der Waals surface area contributed by atoms with Crippen LogP contribution in [0.15, 0.2) is 0 Å². The van der Waals surface area contributed by atoms with Gasteiger partial charge in [-0.2, -0.15) is 0 Å². The molecular weight excluding hydrogens is 606 g/mol. The van der Waals surface area contributed by atoms with E-state index in [4.69, 9.17) is 33.2 Å². The summed E-state index contributed by atoms with van der Waals surface area (Å²) in [5, 5.41) is 0. The smallest absolute Gasteiger partial charge is 0.0701 e. The van der Waals surface area contributed by atoms with E-state index in [1.165, 1.54) is 23.7 Å². The van der Waals surface area contributed by atoms with E-state index < -0.39 is 0 Å². The van der Waals surface area contributed by atoms with E-state index in [1.54, 1.807) is 0 Å². The van der Waals surface area contributed by atoms with Crippen molar-refractivity contribution in [3.05, 3.63) is 0 Å². The van der Waals surface area contributed by atoms with Gasteiger partial charge in [-0.3, -0.25) is 0 Å². The van der Waals surface area contributed by atoms with E-state index >= 15 is 0 Å². The Morgan fingerprint density at radius 3 is 0.931 bits per heavy atom. The molecule has 0 saturated carbocycles. The summed E-state index contributed by atoms with van der Waals surface area (Å²) in [6.07, 6.45) is 5.02. The zero-order valence-corrected chi connectivity index (χ0v) is 22.1. The summed E-state index contributed by atoms with van der Waals surface area (Å²) < 4.78 is 40.3. The van der Waals surface area contributed by atoms with Crippen LogP contribution in [-0.2, 0) is 33.2 Å². The van der Waals surface area contributed by atoms with Crippen LogP contribution in [0.5, 0.6) is 0 Å². The zero-order chi connectivity index (χ0) is 21.1. The molecule has 176 valence electrons. The number of hydrogen-bond donors (Lipinski definition) is 0. The summed E-state index contributed by atoms with van der Waals surface area (Å²) >= 11 is 4.70. The third-order valence-electron chi connectivity index (χ3n) is 3.63. The first-order chi connectivity index (χ1) is 14.4. The molecule has 0 atom stereocenters. The lowest BCUT2D eigenvalue weighted by molar-refractivity contribution is -0.0201. The first kappa shape index (κ1) is 30.2. The van der Waals surface area contributed by atoms with Crippen molar-refractivity contribution in [3.8, 4) is 0 Å². The number of hydrogen-bond acceptors (Lipinski definition) is 7. The summed E-state index contributed by atoms with van der Waals surface area (Å²) in [5.74, 6) is 0. The topological polar surface area (TPSA) is 64.6 Å². The molecule has 29 heavy (non-hydrogen) atoms. The molecule has 9 heteroatoms. The van der Waals surface area contributed by atoms with Crippen LogP contribution in [0.2, 0.25) is 0 Å². The van der Waals surface area contributed by atoms with E-state index in [0.717, 1.165) is 24.1 Å². The number of halogens is 2. The van der Waals surface area contributed by atoms with Crippen molar-refractivity contribution in [2.45, 2.75) is 25.7 Å². The normalized spacial score (nSPS) is 11.4. The summed E-state index contributed by atoms with van der Waals surface area (Å²) in [5.41, 5.74) is 0. The third-order valence-corrected chi connectivity index (χ3v) is 4.83. The lowest BCUT2D eigenvalue weighted by Crippen LogP contribution is -2.14. The summed E-state index contributed by atoms with van der Waals surface area (Å²) in [4.78, 5) is 0. The molecule has 0 bridgehead atoms. The minimum atomic E-state index is 0.564. The highest BCUT2D eigenvalue weighted by molar-refractivity contribution is 14.1.